The number of carboxylic acids is 1. The molecule has 6 nitrogen and oxygen atoms in total. The van der Waals surface area contributed by atoms with Crippen LogP contribution in [0.25, 0.3) is 0 Å². The van der Waals surface area contributed by atoms with Crippen molar-refractivity contribution in [3.05, 3.63) is 58.6 Å². The summed E-state index contributed by atoms with van der Waals surface area (Å²) < 4.78 is 6.25. The van der Waals surface area contributed by atoms with Gasteiger partial charge in [-0.25, -0.2) is 0 Å². The predicted molar refractivity (Wildman–Crippen MR) is 162 cm³/mol. The van der Waals surface area contributed by atoms with Gasteiger partial charge in [0.2, 0.25) is 0 Å². The van der Waals surface area contributed by atoms with E-state index in [4.69, 9.17) is 4.74 Å². The molecule has 1 heterocycles. The van der Waals surface area contributed by atoms with Crippen molar-refractivity contribution >= 4 is 17.5 Å². The first kappa shape index (κ1) is 32.6. The number of carbonyl (C=O) groups is 3. The van der Waals surface area contributed by atoms with E-state index in [0.29, 0.717) is 24.0 Å². The zero-order chi connectivity index (χ0) is 30.0. The summed E-state index contributed by atoms with van der Waals surface area (Å²) in [4.78, 5) is 40.4. The third-order valence-electron chi connectivity index (χ3n) is 9.10. The number of hydrogen-bond donors (Lipinski definition) is 2. The lowest BCUT2D eigenvalue weighted by atomic mass is 9.63. The van der Waals surface area contributed by atoms with Crippen LogP contribution in [0.4, 0.5) is 0 Å². The molecule has 1 aliphatic heterocycles. The third-order valence-corrected chi connectivity index (χ3v) is 9.10. The van der Waals surface area contributed by atoms with Crippen LogP contribution < -0.4 is 0 Å². The van der Waals surface area contributed by atoms with Crippen molar-refractivity contribution < 1.29 is 29.3 Å². The first-order valence-corrected chi connectivity index (χ1v) is 15.9. The molecule has 226 valence electrons. The van der Waals surface area contributed by atoms with Crippen molar-refractivity contribution in [2.24, 2.45) is 11.3 Å². The largest absolute Gasteiger partial charge is 0.511 e. The van der Waals surface area contributed by atoms with Crippen LogP contribution in [0.15, 0.2) is 53.0 Å². The minimum absolute atomic E-state index is 0.0192. The molecule has 2 aliphatic rings. The van der Waals surface area contributed by atoms with Crippen LogP contribution in [0.2, 0.25) is 0 Å². The number of aliphatic hydroxyl groups excluding tert-OH is 1. The van der Waals surface area contributed by atoms with Gasteiger partial charge in [0.1, 0.15) is 23.2 Å². The Labute approximate surface area is 246 Å². The Hall–Kier alpha value is -2.89. The van der Waals surface area contributed by atoms with Crippen LogP contribution in [0.5, 0.6) is 0 Å². The molecule has 1 aromatic rings. The molecule has 3 rings (SSSR count). The van der Waals surface area contributed by atoms with E-state index in [-0.39, 0.29) is 35.1 Å². The number of aliphatic carboxylic acids is 1. The fraction of sp³-hybridized carbons (Fsp3) is 0.629. The van der Waals surface area contributed by atoms with E-state index in [9.17, 15) is 24.6 Å². The fourth-order valence-corrected chi connectivity index (χ4v) is 6.42. The number of rotatable bonds is 17. The lowest BCUT2D eigenvalue weighted by Crippen LogP contribution is -2.47. The van der Waals surface area contributed by atoms with E-state index in [0.717, 1.165) is 44.9 Å². The summed E-state index contributed by atoms with van der Waals surface area (Å²) in [5.74, 6) is -2.92. The topological polar surface area (TPSA) is 101 Å². The number of allylic oxidation sites excluding steroid dienone is 3. The smallest absolute Gasteiger partial charge is 0.304 e. The van der Waals surface area contributed by atoms with Crippen molar-refractivity contribution in [2.75, 3.05) is 0 Å². The number of hydrogen-bond acceptors (Lipinski definition) is 5. The van der Waals surface area contributed by atoms with E-state index in [1.165, 1.54) is 25.7 Å². The maximum atomic E-state index is 14.4. The van der Waals surface area contributed by atoms with E-state index in [1.807, 2.05) is 30.3 Å². The number of carbonyl (C=O) groups excluding carboxylic acids is 2. The highest BCUT2D eigenvalue weighted by atomic mass is 16.5. The van der Waals surface area contributed by atoms with Gasteiger partial charge >= 0.3 is 5.97 Å². The lowest BCUT2D eigenvalue weighted by molar-refractivity contribution is -0.137. The number of carboxylic acid groups (broad SMARTS) is 1. The molecular formula is C35H50O6. The number of Topliss-reactive ketones (excluding diaryl/α,β-unsaturated/α-hetero) is 2. The molecule has 1 aromatic carbocycles. The second-order valence-corrected chi connectivity index (χ2v) is 12.1. The summed E-state index contributed by atoms with van der Waals surface area (Å²) in [7, 11) is 0. The molecule has 41 heavy (non-hydrogen) atoms. The maximum Gasteiger partial charge on any atom is 0.304 e. The molecule has 1 aliphatic carbocycles. The number of benzene rings is 1. The summed E-state index contributed by atoms with van der Waals surface area (Å²) >= 11 is 0. The number of ether oxygens (including phenoxy) is 1. The van der Waals surface area contributed by atoms with Crippen LogP contribution >= 0.6 is 0 Å². The molecule has 2 N–H and O–H groups in total. The Balaban J connectivity index is 2.11. The second-order valence-electron chi connectivity index (χ2n) is 12.1. The van der Waals surface area contributed by atoms with Crippen LogP contribution in [0, 0.1) is 11.3 Å². The molecule has 0 saturated heterocycles. The van der Waals surface area contributed by atoms with Gasteiger partial charge < -0.3 is 14.9 Å². The van der Waals surface area contributed by atoms with Crippen LogP contribution in [0.3, 0.4) is 0 Å². The first-order valence-electron chi connectivity index (χ1n) is 15.9. The Morgan fingerprint density at radius 3 is 2.00 bits per heavy atom. The lowest BCUT2D eigenvalue weighted by Gasteiger charge is -2.43. The van der Waals surface area contributed by atoms with E-state index < -0.39 is 29.3 Å². The van der Waals surface area contributed by atoms with Gasteiger partial charge in [0, 0.05) is 11.5 Å². The predicted octanol–water partition coefficient (Wildman–Crippen LogP) is 8.62. The highest BCUT2D eigenvalue weighted by molar-refractivity contribution is 6.25. The minimum atomic E-state index is -1.25. The van der Waals surface area contributed by atoms with Gasteiger partial charge in [0.15, 0.2) is 11.6 Å². The summed E-state index contributed by atoms with van der Waals surface area (Å²) in [5.41, 5.74) is -0.229. The average molecular weight is 567 g/mol. The Kier molecular flexibility index (Phi) is 12.2. The summed E-state index contributed by atoms with van der Waals surface area (Å²) in [6, 6.07) is 9.18. The van der Waals surface area contributed by atoms with Crippen molar-refractivity contribution in [1.29, 1.82) is 0 Å². The number of ketones is 2. The molecule has 6 heteroatoms. The van der Waals surface area contributed by atoms with Crippen molar-refractivity contribution in [2.45, 2.75) is 130 Å². The molecule has 0 bridgehead atoms. The van der Waals surface area contributed by atoms with Gasteiger partial charge in [-0.2, -0.15) is 0 Å². The van der Waals surface area contributed by atoms with Gasteiger partial charge in [0.25, 0.3) is 0 Å². The Morgan fingerprint density at radius 2 is 1.41 bits per heavy atom. The van der Waals surface area contributed by atoms with Gasteiger partial charge in [-0.1, -0.05) is 122 Å². The molecule has 0 spiro atoms. The van der Waals surface area contributed by atoms with Gasteiger partial charge in [-0.05, 0) is 25.3 Å². The summed E-state index contributed by atoms with van der Waals surface area (Å²) in [6.45, 7) is 7.85. The minimum Gasteiger partial charge on any atom is -0.511 e. The summed E-state index contributed by atoms with van der Waals surface area (Å²) in [6.07, 6.45) is 11.5. The van der Waals surface area contributed by atoms with Crippen LogP contribution in [0.1, 0.15) is 129 Å². The van der Waals surface area contributed by atoms with Gasteiger partial charge in [0.05, 0.1) is 17.8 Å². The number of unbranched alkanes of at least 4 members (excludes halogenated alkanes) is 9. The molecule has 0 radical (unpaired) electrons. The molecule has 0 aromatic heterocycles. The Morgan fingerprint density at radius 1 is 0.878 bits per heavy atom. The second kappa shape index (κ2) is 15.4. The first-order chi connectivity index (χ1) is 19.7. The molecule has 0 fully saturated rings. The molecular weight excluding hydrogens is 516 g/mol. The highest BCUT2D eigenvalue weighted by Crippen LogP contribution is 2.53. The van der Waals surface area contributed by atoms with E-state index in [2.05, 4.69) is 13.8 Å². The standard InChI is InChI=1S/C35H50O6/c1-5-7-9-10-11-12-13-18-22-35(21-17-8-6-2)33(39)29(27(23-28(36)37)26-19-15-14-16-20-26)32-30(34(35)40)31(38)24(3)25(4)41-32/h14-16,19-20,24-25,27,39H,5-13,17-18,21-23H2,1-4H3,(H,36,37)/t24-,25-,27-,35-/m1/s1. The van der Waals surface area contributed by atoms with Gasteiger partial charge in [-0.3, -0.25) is 14.4 Å². The normalized spacial score (nSPS) is 23.4. The zero-order valence-electron chi connectivity index (χ0n) is 25.5. The maximum absolute atomic E-state index is 14.4. The fourth-order valence-electron chi connectivity index (χ4n) is 6.42. The Bertz CT molecular complexity index is 1120. The molecule has 0 unspecified atom stereocenters. The van der Waals surface area contributed by atoms with Crippen molar-refractivity contribution in [3.63, 3.8) is 0 Å². The van der Waals surface area contributed by atoms with Crippen LogP contribution in [-0.2, 0) is 19.1 Å². The van der Waals surface area contributed by atoms with Crippen LogP contribution in [-0.4, -0.2) is 33.9 Å². The molecule has 0 amide bonds. The zero-order valence-corrected chi connectivity index (χ0v) is 25.5. The molecule has 4 atom stereocenters. The SMILES string of the molecule is CCCCCCCCCC[C@@]1(CCCCC)C(=O)C2=C(O[C@H](C)[C@@H](C)C2=O)C([C@H](CC(=O)O)c2ccccc2)=C1O. The van der Waals surface area contributed by atoms with Gasteiger partial charge in [-0.15, -0.1) is 0 Å². The van der Waals surface area contributed by atoms with Crippen molar-refractivity contribution in [3.8, 4) is 0 Å². The number of aliphatic hydroxyl groups is 1. The molecule has 0 saturated carbocycles. The quantitative estimate of drug-likeness (QED) is 0.145. The van der Waals surface area contributed by atoms with E-state index >= 15 is 0 Å². The average Bonchev–Trinajstić information content (AvgIpc) is 2.95. The van der Waals surface area contributed by atoms with E-state index in [1.54, 1.807) is 13.8 Å². The monoisotopic (exact) mass is 566 g/mol. The van der Waals surface area contributed by atoms with Crippen molar-refractivity contribution in [1.82, 2.24) is 0 Å². The third kappa shape index (κ3) is 7.50. The highest BCUT2D eigenvalue weighted by Gasteiger charge is 2.54. The summed E-state index contributed by atoms with van der Waals surface area (Å²) in [5, 5.41) is 22.2.